The molecule has 2 rings (SSSR count). The normalized spacial score (nSPS) is 10.5. The molecule has 0 unspecified atom stereocenters. The Morgan fingerprint density at radius 1 is 1.21 bits per heavy atom. The van der Waals surface area contributed by atoms with Crippen LogP contribution in [-0.2, 0) is 13.0 Å². The number of aryl methyl sites for hydroxylation is 3. The molecule has 19 heavy (non-hydrogen) atoms. The third-order valence-electron chi connectivity index (χ3n) is 2.89. The van der Waals surface area contributed by atoms with Gasteiger partial charge in [0.15, 0.2) is 5.75 Å². The third-order valence-corrected chi connectivity index (χ3v) is 2.89. The smallest absolute Gasteiger partial charge is 0.322 e. The van der Waals surface area contributed by atoms with Gasteiger partial charge >= 0.3 is 6.01 Å². The SMILES string of the molecule is CCc1nc(C)ccc1Oc1ncc(CN)c(C)n1. The Kier molecular flexibility index (Phi) is 4.06. The molecule has 2 N–H and O–H groups in total. The number of hydrogen-bond acceptors (Lipinski definition) is 5. The van der Waals surface area contributed by atoms with Gasteiger partial charge in [-0.1, -0.05) is 6.92 Å². The van der Waals surface area contributed by atoms with E-state index in [9.17, 15) is 0 Å². The molecule has 2 aromatic heterocycles. The highest BCUT2D eigenvalue weighted by atomic mass is 16.5. The first-order valence-electron chi connectivity index (χ1n) is 6.31. The lowest BCUT2D eigenvalue weighted by Crippen LogP contribution is -2.04. The van der Waals surface area contributed by atoms with Crippen LogP contribution >= 0.6 is 0 Å². The Balaban J connectivity index is 2.28. The van der Waals surface area contributed by atoms with E-state index in [1.165, 1.54) is 0 Å². The van der Waals surface area contributed by atoms with Gasteiger partial charge in [-0.3, -0.25) is 4.98 Å². The van der Waals surface area contributed by atoms with Crippen LogP contribution in [0.4, 0.5) is 0 Å². The maximum absolute atomic E-state index is 5.71. The molecule has 2 heterocycles. The zero-order chi connectivity index (χ0) is 13.8. The summed E-state index contributed by atoms with van der Waals surface area (Å²) >= 11 is 0. The number of aromatic nitrogens is 3. The van der Waals surface area contributed by atoms with Crippen LogP contribution in [0.3, 0.4) is 0 Å². The van der Waals surface area contributed by atoms with Crippen LogP contribution in [0.15, 0.2) is 18.3 Å². The maximum atomic E-state index is 5.71. The molecule has 0 radical (unpaired) electrons. The van der Waals surface area contributed by atoms with Crippen molar-refractivity contribution in [3.05, 3.63) is 41.0 Å². The van der Waals surface area contributed by atoms with Crippen LogP contribution in [0.1, 0.15) is 29.6 Å². The van der Waals surface area contributed by atoms with E-state index in [-0.39, 0.29) is 0 Å². The van der Waals surface area contributed by atoms with Crippen molar-refractivity contribution in [1.82, 2.24) is 15.0 Å². The summed E-state index contributed by atoms with van der Waals surface area (Å²) in [5.74, 6) is 0.702. The summed E-state index contributed by atoms with van der Waals surface area (Å²) < 4.78 is 5.71. The Labute approximate surface area is 112 Å². The molecule has 0 aromatic carbocycles. The van der Waals surface area contributed by atoms with Crippen LogP contribution in [-0.4, -0.2) is 15.0 Å². The van der Waals surface area contributed by atoms with Crippen LogP contribution in [0, 0.1) is 13.8 Å². The molecular formula is C14H18N4O. The lowest BCUT2D eigenvalue weighted by Gasteiger charge is -2.09. The van der Waals surface area contributed by atoms with Gasteiger partial charge in [0, 0.05) is 29.7 Å². The second kappa shape index (κ2) is 5.75. The summed E-state index contributed by atoms with van der Waals surface area (Å²) in [6, 6.07) is 4.14. The zero-order valence-corrected chi connectivity index (χ0v) is 11.5. The molecule has 0 fully saturated rings. The topological polar surface area (TPSA) is 73.9 Å². The summed E-state index contributed by atoms with van der Waals surface area (Å²) in [4.78, 5) is 12.9. The molecule has 0 spiro atoms. The highest BCUT2D eigenvalue weighted by molar-refractivity contribution is 5.32. The summed E-state index contributed by atoms with van der Waals surface area (Å²) in [7, 11) is 0. The van der Waals surface area contributed by atoms with Crippen molar-refractivity contribution in [2.45, 2.75) is 33.7 Å². The van der Waals surface area contributed by atoms with Gasteiger partial charge in [0.1, 0.15) is 0 Å². The molecule has 0 amide bonds. The Morgan fingerprint density at radius 3 is 2.63 bits per heavy atom. The summed E-state index contributed by atoms with van der Waals surface area (Å²) in [5, 5.41) is 0. The second-order valence-electron chi connectivity index (χ2n) is 4.32. The Morgan fingerprint density at radius 2 is 2.00 bits per heavy atom. The quantitative estimate of drug-likeness (QED) is 0.910. The number of ether oxygens (including phenoxy) is 1. The van der Waals surface area contributed by atoms with Crippen molar-refractivity contribution in [2.75, 3.05) is 0 Å². The fourth-order valence-corrected chi connectivity index (χ4v) is 1.76. The molecule has 0 aliphatic heterocycles. The molecule has 0 saturated heterocycles. The van der Waals surface area contributed by atoms with Gasteiger partial charge in [-0.2, -0.15) is 4.98 Å². The van der Waals surface area contributed by atoms with Gasteiger partial charge in [-0.05, 0) is 32.4 Å². The highest BCUT2D eigenvalue weighted by Crippen LogP contribution is 2.22. The minimum Gasteiger partial charge on any atom is -0.422 e. The van der Waals surface area contributed by atoms with Crippen LogP contribution in [0.25, 0.3) is 0 Å². The van der Waals surface area contributed by atoms with Gasteiger partial charge in [-0.15, -0.1) is 0 Å². The minimum atomic E-state index is 0.329. The number of nitrogens with zero attached hydrogens (tertiary/aromatic N) is 3. The van der Waals surface area contributed by atoms with Crippen molar-refractivity contribution in [2.24, 2.45) is 5.73 Å². The average molecular weight is 258 g/mol. The van der Waals surface area contributed by atoms with E-state index < -0.39 is 0 Å². The summed E-state index contributed by atoms with van der Waals surface area (Å²) in [5.41, 5.74) is 9.22. The van der Waals surface area contributed by atoms with Crippen LogP contribution in [0.2, 0.25) is 0 Å². The Bertz CT molecular complexity index is 584. The van der Waals surface area contributed by atoms with Crippen molar-refractivity contribution in [1.29, 1.82) is 0 Å². The van der Waals surface area contributed by atoms with E-state index in [1.54, 1.807) is 6.20 Å². The van der Waals surface area contributed by atoms with Gasteiger partial charge < -0.3 is 10.5 Å². The van der Waals surface area contributed by atoms with Crippen molar-refractivity contribution < 1.29 is 4.74 Å². The molecule has 100 valence electrons. The average Bonchev–Trinajstić information content (AvgIpc) is 2.41. The molecular weight excluding hydrogens is 240 g/mol. The monoisotopic (exact) mass is 258 g/mol. The summed E-state index contributed by atoms with van der Waals surface area (Å²) in [6.45, 7) is 6.32. The molecule has 2 aromatic rings. The van der Waals surface area contributed by atoms with E-state index >= 15 is 0 Å². The Hall–Kier alpha value is -2.01. The fourth-order valence-electron chi connectivity index (χ4n) is 1.76. The standard InChI is InChI=1S/C14H18N4O/c1-4-12-13(6-5-9(2)17-12)19-14-16-8-11(7-15)10(3)18-14/h5-6,8H,4,7,15H2,1-3H3. The van der Waals surface area contributed by atoms with E-state index in [0.717, 1.165) is 29.1 Å². The van der Waals surface area contributed by atoms with Gasteiger partial charge in [-0.25, -0.2) is 4.98 Å². The molecule has 5 heteroatoms. The lowest BCUT2D eigenvalue weighted by atomic mass is 10.2. The maximum Gasteiger partial charge on any atom is 0.322 e. The van der Waals surface area contributed by atoms with E-state index in [0.29, 0.717) is 18.3 Å². The number of hydrogen-bond donors (Lipinski definition) is 1. The highest BCUT2D eigenvalue weighted by Gasteiger charge is 2.08. The van der Waals surface area contributed by atoms with E-state index in [2.05, 4.69) is 15.0 Å². The molecule has 0 bridgehead atoms. The zero-order valence-electron chi connectivity index (χ0n) is 11.5. The third kappa shape index (κ3) is 3.06. The largest absolute Gasteiger partial charge is 0.422 e. The van der Waals surface area contributed by atoms with Crippen molar-refractivity contribution >= 4 is 0 Å². The van der Waals surface area contributed by atoms with E-state index in [1.807, 2.05) is 32.9 Å². The number of pyridine rings is 1. The minimum absolute atomic E-state index is 0.329. The van der Waals surface area contributed by atoms with Crippen molar-refractivity contribution in [3.8, 4) is 11.8 Å². The number of rotatable bonds is 4. The predicted molar refractivity (Wildman–Crippen MR) is 73.1 cm³/mol. The summed E-state index contributed by atoms with van der Waals surface area (Å²) in [6.07, 6.45) is 2.50. The van der Waals surface area contributed by atoms with E-state index in [4.69, 9.17) is 10.5 Å². The molecule has 0 aliphatic rings. The van der Waals surface area contributed by atoms with Gasteiger partial charge in [0.25, 0.3) is 0 Å². The van der Waals surface area contributed by atoms with Crippen LogP contribution in [0.5, 0.6) is 11.8 Å². The molecule has 0 aliphatic carbocycles. The first kappa shape index (κ1) is 13.4. The first-order chi connectivity index (χ1) is 9.13. The second-order valence-corrected chi connectivity index (χ2v) is 4.32. The first-order valence-corrected chi connectivity index (χ1v) is 6.31. The van der Waals surface area contributed by atoms with Gasteiger partial charge in [0.2, 0.25) is 0 Å². The number of nitrogens with two attached hydrogens (primary N) is 1. The fraction of sp³-hybridized carbons (Fsp3) is 0.357. The van der Waals surface area contributed by atoms with Gasteiger partial charge in [0.05, 0.1) is 5.69 Å². The molecule has 5 nitrogen and oxygen atoms in total. The van der Waals surface area contributed by atoms with Crippen LogP contribution < -0.4 is 10.5 Å². The molecule has 0 atom stereocenters. The van der Waals surface area contributed by atoms with Crippen molar-refractivity contribution in [3.63, 3.8) is 0 Å². The predicted octanol–water partition coefficient (Wildman–Crippen LogP) is 2.30. The molecule has 0 saturated carbocycles. The lowest BCUT2D eigenvalue weighted by molar-refractivity contribution is 0.431.